The van der Waals surface area contributed by atoms with Gasteiger partial charge in [0.1, 0.15) is 0 Å². The van der Waals surface area contributed by atoms with Crippen molar-refractivity contribution < 1.29 is 4.79 Å². The Bertz CT molecular complexity index is 509. The van der Waals surface area contributed by atoms with E-state index in [-0.39, 0.29) is 5.31 Å². The van der Waals surface area contributed by atoms with Crippen LogP contribution in [0.5, 0.6) is 0 Å². The van der Waals surface area contributed by atoms with Crippen LogP contribution in [0, 0.1) is 0 Å². The first-order valence-electron chi connectivity index (χ1n) is 9.24. The molecule has 1 saturated carbocycles. The molecule has 1 nitrogen and oxygen atoms in total. The van der Waals surface area contributed by atoms with E-state index in [1.54, 1.807) is 0 Å². The monoisotopic (exact) mass is 294 g/mol. The third kappa shape index (κ3) is 3.24. The van der Waals surface area contributed by atoms with Gasteiger partial charge in [0.15, 0.2) is 0 Å². The van der Waals surface area contributed by atoms with Crippen LogP contribution in [0.15, 0.2) is 18.1 Å². The van der Waals surface area contributed by atoms with Crippen LogP contribution < -0.4 is 0 Å². The van der Waals surface area contributed by atoms with Gasteiger partial charge in [0.2, 0.25) is 0 Å². The average Bonchev–Trinajstić information content (AvgIpc) is 3.10. The molecular formula is C19H28B2O. The summed E-state index contributed by atoms with van der Waals surface area (Å²) in [5.41, 5.74) is 2.35. The molecule has 0 N–H and O–H groups in total. The summed E-state index contributed by atoms with van der Waals surface area (Å²) in [5, 5.41) is -0.206. The van der Waals surface area contributed by atoms with Gasteiger partial charge >= 0.3 is 136 Å². The molecule has 2 heterocycles. The van der Waals surface area contributed by atoms with Crippen molar-refractivity contribution in [2.75, 3.05) is 0 Å². The molecule has 0 aromatic carbocycles. The molecule has 2 fully saturated rings. The molecule has 0 spiro atoms. The van der Waals surface area contributed by atoms with Crippen LogP contribution in [0.25, 0.3) is 0 Å². The van der Waals surface area contributed by atoms with Gasteiger partial charge in [-0.05, 0) is 0 Å². The van der Waals surface area contributed by atoms with E-state index in [4.69, 9.17) is 0 Å². The van der Waals surface area contributed by atoms with Crippen molar-refractivity contribution in [1.29, 1.82) is 0 Å². The topological polar surface area (TPSA) is 17.1 Å². The Hall–Kier alpha value is -0.850. The Labute approximate surface area is 136 Å². The molecule has 3 heteroatoms. The van der Waals surface area contributed by atoms with Crippen LogP contribution >= 0.6 is 0 Å². The normalized spacial score (nSPS) is 20.2. The van der Waals surface area contributed by atoms with Gasteiger partial charge in [0.25, 0.3) is 0 Å². The van der Waals surface area contributed by atoms with Crippen molar-refractivity contribution in [2.24, 2.45) is 0 Å². The molecule has 0 amide bonds. The third-order valence-electron chi connectivity index (χ3n) is 6.21. The van der Waals surface area contributed by atoms with Crippen LogP contribution in [-0.4, -0.2) is 19.4 Å². The van der Waals surface area contributed by atoms with E-state index in [0.29, 0.717) is 12.5 Å². The van der Waals surface area contributed by atoms with Gasteiger partial charge in [-0.25, -0.2) is 0 Å². The summed E-state index contributed by atoms with van der Waals surface area (Å²) in [6, 6.07) is 4.30. The van der Waals surface area contributed by atoms with Gasteiger partial charge in [0, 0.05) is 0 Å². The molecule has 22 heavy (non-hydrogen) atoms. The van der Waals surface area contributed by atoms with Crippen LogP contribution in [0.2, 0.25) is 18.0 Å². The van der Waals surface area contributed by atoms with Gasteiger partial charge in [0.05, 0.1) is 0 Å². The molecule has 2 aliphatic rings. The van der Waals surface area contributed by atoms with Gasteiger partial charge < -0.3 is 0 Å². The van der Waals surface area contributed by atoms with E-state index < -0.39 is 0 Å². The standard InChI is InChI=1S/C19H28B2O/c1-19(2,21-12-6-7-13-21)18(22)16-10-11-17(20-14-16)15-8-4-3-5-9-15/h10-11,14-15H,3-9,12-13H2,1-2H3. The number of carbonyl (C=O) groups excluding carboxylic acids is 1. The zero-order chi connectivity index (χ0) is 15.6. The molecule has 1 saturated heterocycles. The minimum absolute atomic E-state index is 0.206. The van der Waals surface area contributed by atoms with Crippen molar-refractivity contribution in [3.05, 3.63) is 29.1 Å². The van der Waals surface area contributed by atoms with E-state index in [0.717, 1.165) is 11.5 Å². The van der Waals surface area contributed by atoms with Crippen LogP contribution in [0.4, 0.5) is 0 Å². The molecular weight excluding hydrogens is 266 g/mol. The number of carbonyl (C=O) groups is 1. The number of hydrogen-bond acceptors (Lipinski definition) is 1. The van der Waals surface area contributed by atoms with Gasteiger partial charge in [-0.2, -0.15) is 0 Å². The summed E-state index contributed by atoms with van der Waals surface area (Å²) in [7, 11) is 0. The molecule has 0 unspecified atom stereocenters. The third-order valence-corrected chi connectivity index (χ3v) is 6.21. The quantitative estimate of drug-likeness (QED) is 0.542. The van der Waals surface area contributed by atoms with Crippen molar-refractivity contribution in [3.63, 3.8) is 0 Å². The Morgan fingerprint density at radius 2 is 1.77 bits per heavy atom. The van der Waals surface area contributed by atoms with Crippen molar-refractivity contribution >= 4 is 19.4 Å². The van der Waals surface area contributed by atoms with E-state index in [9.17, 15) is 4.79 Å². The predicted molar refractivity (Wildman–Crippen MR) is 96.6 cm³/mol. The summed E-state index contributed by atoms with van der Waals surface area (Å²) in [4.78, 5) is 12.9. The Balaban J connectivity index is 1.72. The second-order valence-corrected chi connectivity index (χ2v) is 7.99. The Morgan fingerprint density at radius 3 is 2.36 bits per heavy atom. The summed E-state index contributed by atoms with van der Waals surface area (Å²) >= 11 is 0. The molecule has 3 rings (SSSR count). The van der Waals surface area contributed by atoms with Crippen molar-refractivity contribution in [3.8, 4) is 0 Å². The van der Waals surface area contributed by atoms with E-state index in [2.05, 4.69) is 38.9 Å². The average molecular weight is 294 g/mol. The van der Waals surface area contributed by atoms with Crippen LogP contribution in [0.1, 0.15) is 80.5 Å². The second kappa shape index (κ2) is 6.72. The maximum atomic E-state index is 12.9. The fourth-order valence-corrected chi connectivity index (χ4v) is 4.55. The molecule has 1 aliphatic carbocycles. The van der Waals surface area contributed by atoms with Crippen molar-refractivity contribution in [1.82, 2.24) is 0 Å². The predicted octanol–water partition coefficient (Wildman–Crippen LogP) is 5.32. The van der Waals surface area contributed by atoms with E-state index >= 15 is 0 Å². The number of rotatable bonds is 4. The first kappa shape index (κ1) is 16.0. The van der Waals surface area contributed by atoms with Gasteiger partial charge in [-0.1, -0.05) is 0 Å². The van der Waals surface area contributed by atoms with Crippen LogP contribution in [-0.2, 0) is 0 Å². The summed E-state index contributed by atoms with van der Waals surface area (Å²) in [6.45, 7) is 7.09. The SMILES string of the molecule is CC(C)(B1CCCC1)C(=O)c1cbc(C2CCCCC2)cc1. The Morgan fingerprint density at radius 1 is 1.09 bits per heavy atom. The molecule has 116 valence electrons. The fourth-order valence-electron chi connectivity index (χ4n) is 4.55. The summed E-state index contributed by atoms with van der Waals surface area (Å²) < 4.78 is 0. The number of hydrogen-bond donors (Lipinski definition) is 0. The minimum atomic E-state index is -0.206. The van der Waals surface area contributed by atoms with E-state index in [1.807, 2.05) is 0 Å². The zero-order valence-electron chi connectivity index (χ0n) is 14.2. The molecule has 0 atom stereocenters. The molecule has 0 radical (unpaired) electrons. The summed E-state index contributed by atoms with van der Waals surface area (Å²) in [6.07, 6.45) is 11.8. The second-order valence-electron chi connectivity index (χ2n) is 7.99. The molecule has 1 aromatic rings. The zero-order valence-corrected chi connectivity index (χ0v) is 14.2. The summed E-state index contributed by atoms with van der Waals surface area (Å²) in [5.74, 6) is 3.15. The maximum absolute atomic E-state index is 12.9. The number of ketones is 1. The van der Waals surface area contributed by atoms with Gasteiger partial charge in [-0.15, -0.1) is 0 Å². The first-order valence-corrected chi connectivity index (χ1v) is 9.24. The molecule has 1 aromatic heterocycles. The Kier molecular flexibility index (Phi) is 4.90. The fraction of sp³-hybridized carbons (Fsp3) is 0.684. The molecule has 0 bridgehead atoms. The van der Waals surface area contributed by atoms with Crippen molar-refractivity contribution in [2.45, 2.75) is 82.7 Å². The number of Topliss-reactive ketones (excluding diaryl/α,β-unsaturated/α-hetero) is 1. The first-order chi connectivity index (χ1) is 10.6. The van der Waals surface area contributed by atoms with Crippen LogP contribution in [0.3, 0.4) is 0 Å². The van der Waals surface area contributed by atoms with E-state index in [1.165, 1.54) is 63.0 Å². The van der Waals surface area contributed by atoms with Gasteiger partial charge in [-0.3, -0.25) is 0 Å². The molecule has 1 aliphatic heterocycles.